The molecule has 0 fully saturated rings. The minimum atomic E-state index is -0.00918. The predicted molar refractivity (Wildman–Crippen MR) is 265 cm³/mol. The highest BCUT2D eigenvalue weighted by Gasteiger charge is 2.26. The van der Waals surface area contributed by atoms with Gasteiger partial charge in [0.15, 0.2) is 22.3 Å². The molecule has 64 heavy (non-hydrogen) atoms. The molecule has 318 valence electrons. The highest BCUT2D eigenvalue weighted by Crippen LogP contribution is 2.43. The van der Waals surface area contributed by atoms with Gasteiger partial charge in [0.2, 0.25) is 0 Å². The first kappa shape index (κ1) is 39.9. The SMILES string of the molecule is CC(C)(C)c1ccc2c(c1)c1cc(C(C)(C)C)ccc1n2-c1cc2c(cn1)oc1c(C#N)c3oc4cnc(-n5c6ccc(C(C)(C)C)cc6c6cc(C(C)(C)C)ccc65)cc4c3cc12. The van der Waals surface area contributed by atoms with Crippen LogP contribution in [0.5, 0.6) is 0 Å². The van der Waals surface area contributed by atoms with Crippen molar-refractivity contribution >= 4 is 87.5 Å². The molecule has 0 spiro atoms. The number of hydrogen-bond donors (Lipinski definition) is 0. The lowest BCUT2D eigenvalue weighted by molar-refractivity contribution is 0.590. The molecule has 0 bridgehead atoms. The molecular weight excluding hydrogens is 787 g/mol. The Hall–Kier alpha value is -6.91. The van der Waals surface area contributed by atoms with E-state index in [9.17, 15) is 5.26 Å². The standard InChI is InChI=1S/C57H53N5O2/c1-54(2,3)31-13-17-44-35(21-31)36-22-32(55(4,5)6)14-18-45(36)61(44)50-26-39-41-25-42-40-27-51(60-30-49(40)64-53(42)43(28-58)52(41)63-48(39)29-59-50)62-46-19-15-33(56(7,8)9)23-37(46)38-24-34(57(10,11)12)16-20-47(38)62/h13-27,29-30H,1-12H3. The van der Waals surface area contributed by atoms with Crippen LogP contribution in [-0.4, -0.2) is 19.1 Å². The van der Waals surface area contributed by atoms with Crippen molar-refractivity contribution in [3.05, 3.63) is 131 Å². The maximum absolute atomic E-state index is 10.8. The van der Waals surface area contributed by atoms with Gasteiger partial charge in [-0.3, -0.25) is 9.13 Å². The number of pyridine rings is 2. The molecule has 0 aliphatic heterocycles. The molecule has 11 aromatic rings. The highest BCUT2D eigenvalue weighted by molar-refractivity contribution is 6.19. The summed E-state index contributed by atoms with van der Waals surface area (Å²) in [7, 11) is 0. The van der Waals surface area contributed by atoms with Crippen LogP contribution in [0.3, 0.4) is 0 Å². The summed E-state index contributed by atoms with van der Waals surface area (Å²) in [5.74, 6) is 1.56. The van der Waals surface area contributed by atoms with Crippen molar-refractivity contribution in [3.8, 4) is 17.7 Å². The van der Waals surface area contributed by atoms with Crippen LogP contribution in [0.2, 0.25) is 0 Å². The average Bonchev–Trinajstić information content (AvgIpc) is 3.97. The van der Waals surface area contributed by atoms with Gasteiger partial charge in [-0.05, 0) is 111 Å². The van der Waals surface area contributed by atoms with Crippen LogP contribution in [0.4, 0.5) is 0 Å². The normalized spacial score (nSPS) is 13.3. The van der Waals surface area contributed by atoms with E-state index in [4.69, 9.17) is 18.8 Å². The summed E-state index contributed by atoms with van der Waals surface area (Å²) < 4.78 is 17.5. The zero-order valence-electron chi connectivity index (χ0n) is 38.9. The van der Waals surface area contributed by atoms with Gasteiger partial charge in [0.25, 0.3) is 0 Å². The first-order valence-electron chi connectivity index (χ1n) is 22.4. The molecule has 0 unspecified atom stereocenters. The Morgan fingerprint density at radius 2 is 0.719 bits per heavy atom. The van der Waals surface area contributed by atoms with Crippen molar-refractivity contribution in [1.29, 1.82) is 5.26 Å². The van der Waals surface area contributed by atoms with Gasteiger partial charge < -0.3 is 8.83 Å². The summed E-state index contributed by atoms with van der Waals surface area (Å²) in [6.07, 6.45) is 3.58. The largest absolute Gasteiger partial charge is 0.453 e. The Morgan fingerprint density at radius 3 is 1.00 bits per heavy atom. The van der Waals surface area contributed by atoms with Crippen LogP contribution in [0.25, 0.3) is 99.1 Å². The number of hydrogen-bond acceptors (Lipinski definition) is 5. The molecule has 7 nitrogen and oxygen atoms in total. The van der Waals surface area contributed by atoms with Crippen molar-refractivity contribution < 1.29 is 8.83 Å². The van der Waals surface area contributed by atoms with Crippen LogP contribution in [-0.2, 0) is 21.7 Å². The topological polar surface area (TPSA) is 85.7 Å². The number of nitrogens with zero attached hydrogens (tertiary/aromatic N) is 5. The number of fused-ring (bicyclic) bond motifs is 12. The Bertz CT molecular complexity index is 3450. The minimum absolute atomic E-state index is 0.00918. The lowest BCUT2D eigenvalue weighted by atomic mass is 9.85. The highest BCUT2D eigenvalue weighted by atomic mass is 16.3. The second-order valence-corrected chi connectivity index (χ2v) is 22.0. The van der Waals surface area contributed by atoms with Crippen LogP contribution in [0.15, 0.2) is 112 Å². The molecule has 6 aromatic heterocycles. The van der Waals surface area contributed by atoms with Crippen LogP contribution < -0.4 is 0 Å². The molecule has 6 heterocycles. The third-order valence-corrected chi connectivity index (χ3v) is 13.5. The average molecular weight is 840 g/mol. The summed E-state index contributed by atoms with van der Waals surface area (Å²) in [5, 5.41) is 19.0. The fourth-order valence-corrected chi connectivity index (χ4v) is 9.68. The zero-order valence-corrected chi connectivity index (χ0v) is 38.9. The summed E-state index contributed by atoms with van der Waals surface area (Å²) in [4.78, 5) is 10.1. The third kappa shape index (κ3) is 5.91. The van der Waals surface area contributed by atoms with Crippen LogP contribution >= 0.6 is 0 Å². The summed E-state index contributed by atoms with van der Waals surface area (Å²) in [6.45, 7) is 27.1. The van der Waals surface area contributed by atoms with Crippen LogP contribution in [0.1, 0.15) is 111 Å². The maximum atomic E-state index is 10.8. The fourth-order valence-electron chi connectivity index (χ4n) is 9.68. The minimum Gasteiger partial charge on any atom is -0.453 e. The Kier molecular flexibility index (Phi) is 8.15. The maximum Gasteiger partial charge on any atom is 0.157 e. The summed E-state index contributed by atoms with van der Waals surface area (Å²) in [6, 6.07) is 36.1. The second kappa shape index (κ2) is 13.1. The molecular formula is C57H53N5O2. The Morgan fingerprint density at radius 1 is 0.406 bits per heavy atom. The van der Waals surface area contributed by atoms with Gasteiger partial charge in [-0.1, -0.05) is 107 Å². The van der Waals surface area contributed by atoms with Gasteiger partial charge in [-0.2, -0.15) is 5.26 Å². The first-order valence-corrected chi connectivity index (χ1v) is 22.4. The van der Waals surface area contributed by atoms with E-state index in [-0.39, 0.29) is 21.7 Å². The van der Waals surface area contributed by atoms with Crippen molar-refractivity contribution in [2.75, 3.05) is 0 Å². The Labute approximate surface area is 372 Å². The zero-order chi connectivity index (χ0) is 45.0. The van der Waals surface area contributed by atoms with Gasteiger partial charge >= 0.3 is 0 Å². The van der Waals surface area contributed by atoms with Crippen molar-refractivity contribution in [1.82, 2.24) is 19.1 Å². The monoisotopic (exact) mass is 839 g/mol. The molecule has 0 N–H and O–H groups in total. The fraction of sp³-hybridized carbons (Fsp3) is 0.281. The van der Waals surface area contributed by atoms with Crippen molar-refractivity contribution in [2.45, 2.75) is 105 Å². The van der Waals surface area contributed by atoms with E-state index < -0.39 is 0 Å². The molecule has 0 saturated carbocycles. The molecule has 0 atom stereocenters. The van der Waals surface area contributed by atoms with Gasteiger partial charge in [0.1, 0.15) is 23.3 Å². The number of rotatable bonds is 2. The van der Waals surface area contributed by atoms with Gasteiger partial charge in [-0.25, -0.2) is 9.97 Å². The number of benzene rings is 5. The quantitative estimate of drug-likeness (QED) is 0.173. The van der Waals surface area contributed by atoms with Gasteiger partial charge in [0, 0.05) is 43.1 Å². The molecule has 0 aliphatic rings. The molecule has 5 aromatic carbocycles. The van der Waals surface area contributed by atoms with E-state index >= 15 is 0 Å². The third-order valence-electron chi connectivity index (χ3n) is 13.5. The number of nitriles is 1. The van der Waals surface area contributed by atoms with E-state index in [1.54, 1.807) is 12.4 Å². The predicted octanol–water partition coefficient (Wildman–Crippen LogP) is 15.5. The first-order chi connectivity index (χ1) is 30.2. The molecule has 11 rings (SSSR count). The summed E-state index contributed by atoms with van der Waals surface area (Å²) in [5.41, 5.74) is 12.0. The molecule has 0 aliphatic carbocycles. The van der Waals surface area contributed by atoms with Crippen molar-refractivity contribution in [3.63, 3.8) is 0 Å². The number of furan rings is 2. The van der Waals surface area contributed by atoms with E-state index in [1.165, 1.54) is 43.8 Å². The number of aromatic nitrogens is 4. The van der Waals surface area contributed by atoms with Crippen molar-refractivity contribution in [2.24, 2.45) is 0 Å². The van der Waals surface area contributed by atoms with E-state index in [1.807, 2.05) is 0 Å². The smallest absolute Gasteiger partial charge is 0.157 e. The molecule has 0 amide bonds. The van der Waals surface area contributed by atoms with E-state index in [2.05, 4.69) is 189 Å². The van der Waals surface area contributed by atoms with E-state index in [0.29, 0.717) is 27.9 Å². The van der Waals surface area contributed by atoms with Gasteiger partial charge in [-0.15, -0.1) is 0 Å². The molecule has 7 heteroatoms. The Balaban J connectivity index is 1.14. The lowest BCUT2D eigenvalue weighted by Gasteiger charge is -2.19. The molecule has 0 saturated heterocycles. The summed E-state index contributed by atoms with van der Waals surface area (Å²) >= 11 is 0. The van der Waals surface area contributed by atoms with Crippen LogP contribution in [0, 0.1) is 11.3 Å². The molecule has 0 radical (unpaired) electrons. The lowest BCUT2D eigenvalue weighted by Crippen LogP contribution is -2.10. The van der Waals surface area contributed by atoms with Gasteiger partial charge in [0.05, 0.1) is 34.5 Å². The van der Waals surface area contributed by atoms with E-state index in [0.717, 1.165) is 55.2 Å². The second-order valence-electron chi connectivity index (χ2n) is 22.0.